The highest BCUT2D eigenvalue weighted by Gasteiger charge is 2.18. The highest BCUT2D eigenvalue weighted by atomic mass is 35.5. The van der Waals surface area contributed by atoms with Gasteiger partial charge < -0.3 is 5.32 Å². The second-order valence-electron chi connectivity index (χ2n) is 4.20. The molecule has 0 radical (unpaired) electrons. The Morgan fingerprint density at radius 3 is 2.65 bits per heavy atom. The van der Waals surface area contributed by atoms with E-state index in [-0.39, 0.29) is 28.4 Å². The molecular formula is C13H11ClFN3O2. The topological polar surface area (TPSA) is 68.1 Å². The summed E-state index contributed by atoms with van der Waals surface area (Å²) < 4.78 is 12.9. The zero-order valence-corrected chi connectivity index (χ0v) is 11.3. The van der Waals surface area contributed by atoms with Crippen LogP contribution in [-0.2, 0) is 0 Å². The van der Waals surface area contributed by atoms with Gasteiger partial charge in [-0.25, -0.2) is 9.37 Å². The zero-order chi connectivity index (χ0) is 14.7. The van der Waals surface area contributed by atoms with Crippen LogP contribution in [-0.4, -0.2) is 9.91 Å². The van der Waals surface area contributed by atoms with Crippen molar-refractivity contribution in [1.82, 2.24) is 4.98 Å². The predicted molar refractivity (Wildman–Crippen MR) is 74.3 cm³/mol. The molecule has 2 aromatic rings. The lowest BCUT2D eigenvalue weighted by Gasteiger charge is -2.14. The molecule has 1 N–H and O–H groups in total. The average Bonchev–Trinajstić information content (AvgIpc) is 2.41. The number of hydrogen-bond acceptors (Lipinski definition) is 4. The van der Waals surface area contributed by atoms with Crippen LogP contribution < -0.4 is 5.32 Å². The number of rotatable bonds is 4. The van der Waals surface area contributed by atoms with Crippen molar-refractivity contribution in [2.75, 3.05) is 5.32 Å². The Morgan fingerprint density at radius 2 is 2.05 bits per heavy atom. The van der Waals surface area contributed by atoms with Gasteiger partial charge in [-0.05, 0) is 24.6 Å². The molecule has 2 rings (SSSR count). The maximum atomic E-state index is 12.9. The molecule has 0 aliphatic heterocycles. The van der Waals surface area contributed by atoms with Crippen LogP contribution in [0.3, 0.4) is 0 Å². The van der Waals surface area contributed by atoms with Gasteiger partial charge in [-0.15, -0.1) is 0 Å². The lowest BCUT2D eigenvalue weighted by atomic mass is 10.1. The summed E-state index contributed by atoms with van der Waals surface area (Å²) in [7, 11) is 0. The van der Waals surface area contributed by atoms with Crippen LogP contribution in [0.15, 0.2) is 36.5 Å². The van der Waals surface area contributed by atoms with Crippen LogP contribution in [0.25, 0.3) is 0 Å². The minimum Gasteiger partial charge on any atom is -0.358 e. The van der Waals surface area contributed by atoms with E-state index in [1.165, 1.54) is 24.4 Å². The molecule has 0 saturated carbocycles. The third kappa shape index (κ3) is 3.21. The standard InChI is InChI=1S/C13H11ClFN3O2/c1-8(9-2-4-11(15)5-3-9)17-13-12(18(19)20)6-10(14)7-16-13/h2-8H,1H3,(H,16,17). The van der Waals surface area contributed by atoms with Crippen molar-refractivity contribution in [3.8, 4) is 0 Å². The van der Waals surface area contributed by atoms with Gasteiger partial charge in [0.25, 0.3) is 0 Å². The first kappa shape index (κ1) is 14.2. The fraction of sp³-hybridized carbons (Fsp3) is 0.154. The summed E-state index contributed by atoms with van der Waals surface area (Å²) in [4.78, 5) is 14.3. The summed E-state index contributed by atoms with van der Waals surface area (Å²) in [5, 5.41) is 14.1. The Hall–Kier alpha value is -2.21. The highest BCUT2D eigenvalue weighted by molar-refractivity contribution is 6.30. The van der Waals surface area contributed by atoms with Crippen molar-refractivity contribution in [2.45, 2.75) is 13.0 Å². The molecule has 7 heteroatoms. The molecule has 0 saturated heterocycles. The van der Waals surface area contributed by atoms with E-state index in [4.69, 9.17) is 11.6 Å². The summed E-state index contributed by atoms with van der Waals surface area (Å²) in [5.41, 5.74) is 0.587. The number of nitrogens with one attached hydrogen (secondary N) is 1. The summed E-state index contributed by atoms with van der Waals surface area (Å²) in [6, 6.07) is 6.84. The molecule has 0 fully saturated rings. The second kappa shape index (κ2) is 5.83. The van der Waals surface area contributed by atoms with Crippen molar-refractivity contribution in [2.24, 2.45) is 0 Å². The number of benzene rings is 1. The van der Waals surface area contributed by atoms with E-state index >= 15 is 0 Å². The van der Waals surface area contributed by atoms with Crippen LogP contribution in [0.5, 0.6) is 0 Å². The zero-order valence-electron chi connectivity index (χ0n) is 10.5. The predicted octanol–water partition coefficient (Wildman–Crippen LogP) is 3.96. The molecular weight excluding hydrogens is 285 g/mol. The first-order valence-corrected chi connectivity index (χ1v) is 6.17. The Bertz CT molecular complexity index is 634. The van der Waals surface area contributed by atoms with Gasteiger partial charge in [-0.3, -0.25) is 10.1 Å². The monoisotopic (exact) mass is 295 g/mol. The van der Waals surface area contributed by atoms with Crippen LogP contribution in [0, 0.1) is 15.9 Å². The molecule has 20 heavy (non-hydrogen) atoms. The number of anilines is 1. The summed E-state index contributed by atoms with van der Waals surface area (Å²) >= 11 is 5.70. The Morgan fingerprint density at radius 1 is 1.40 bits per heavy atom. The molecule has 0 amide bonds. The van der Waals surface area contributed by atoms with E-state index in [0.29, 0.717) is 0 Å². The van der Waals surface area contributed by atoms with Gasteiger partial charge in [-0.1, -0.05) is 23.7 Å². The normalized spacial score (nSPS) is 11.9. The van der Waals surface area contributed by atoms with E-state index in [0.717, 1.165) is 5.56 Å². The summed E-state index contributed by atoms with van der Waals surface area (Å²) in [5.74, 6) is -0.215. The number of halogens is 2. The molecule has 0 aliphatic carbocycles. The number of aromatic nitrogens is 1. The van der Waals surface area contributed by atoms with E-state index in [1.807, 2.05) is 0 Å². The molecule has 104 valence electrons. The molecule has 0 spiro atoms. The van der Waals surface area contributed by atoms with E-state index in [1.54, 1.807) is 19.1 Å². The Labute approximate surface area is 119 Å². The maximum absolute atomic E-state index is 12.9. The minimum atomic E-state index is -0.557. The first-order chi connectivity index (χ1) is 9.47. The van der Waals surface area contributed by atoms with Crippen LogP contribution in [0.4, 0.5) is 15.9 Å². The number of pyridine rings is 1. The van der Waals surface area contributed by atoms with Crippen molar-refractivity contribution >= 4 is 23.1 Å². The molecule has 1 atom stereocenters. The molecule has 1 unspecified atom stereocenters. The largest absolute Gasteiger partial charge is 0.358 e. The van der Waals surface area contributed by atoms with Crippen LogP contribution in [0.2, 0.25) is 5.02 Å². The third-order valence-corrected chi connectivity index (χ3v) is 2.96. The number of nitrogens with zero attached hydrogens (tertiary/aromatic N) is 2. The fourth-order valence-electron chi connectivity index (χ4n) is 1.72. The highest BCUT2D eigenvalue weighted by Crippen LogP contribution is 2.28. The molecule has 0 bridgehead atoms. The van der Waals surface area contributed by atoms with Gasteiger partial charge in [-0.2, -0.15) is 0 Å². The van der Waals surface area contributed by atoms with Crippen molar-refractivity contribution in [3.63, 3.8) is 0 Å². The van der Waals surface area contributed by atoms with Gasteiger partial charge in [0, 0.05) is 12.3 Å². The first-order valence-electron chi connectivity index (χ1n) is 5.79. The van der Waals surface area contributed by atoms with Gasteiger partial charge in [0.05, 0.1) is 16.0 Å². The number of nitro groups is 1. The molecule has 1 heterocycles. The molecule has 0 aliphatic rings. The summed E-state index contributed by atoms with van der Waals surface area (Å²) in [6.45, 7) is 1.80. The molecule has 5 nitrogen and oxygen atoms in total. The smallest absolute Gasteiger partial charge is 0.312 e. The Balaban J connectivity index is 2.25. The van der Waals surface area contributed by atoms with E-state index < -0.39 is 4.92 Å². The van der Waals surface area contributed by atoms with Gasteiger partial charge in [0.1, 0.15) is 5.82 Å². The van der Waals surface area contributed by atoms with Crippen molar-refractivity contribution in [1.29, 1.82) is 0 Å². The summed E-state index contributed by atoms with van der Waals surface area (Å²) in [6.07, 6.45) is 1.33. The average molecular weight is 296 g/mol. The van der Waals surface area contributed by atoms with E-state index in [9.17, 15) is 14.5 Å². The van der Waals surface area contributed by atoms with Crippen LogP contribution >= 0.6 is 11.6 Å². The Kier molecular flexibility index (Phi) is 4.14. The van der Waals surface area contributed by atoms with Gasteiger partial charge in [0.2, 0.25) is 5.82 Å². The van der Waals surface area contributed by atoms with Crippen molar-refractivity contribution in [3.05, 3.63) is 63.0 Å². The van der Waals surface area contributed by atoms with Crippen LogP contribution in [0.1, 0.15) is 18.5 Å². The van der Waals surface area contributed by atoms with Gasteiger partial charge >= 0.3 is 5.69 Å². The maximum Gasteiger partial charge on any atom is 0.312 e. The molecule has 1 aromatic heterocycles. The second-order valence-corrected chi connectivity index (χ2v) is 4.63. The lowest BCUT2D eigenvalue weighted by Crippen LogP contribution is -2.09. The van der Waals surface area contributed by atoms with E-state index in [2.05, 4.69) is 10.3 Å². The minimum absolute atomic E-state index is 0.122. The van der Waals surface area contributed by atoms with Gasteiger partial charge in [0.15, 0.2) is 0 Å². The SMILES string of the molecule is CC(Nc1ncc(Cl)cc1[N+](=O)[O-])c1ccc(F)cc1. The lowest BCUT2D eigenvalue weighted by molar-refractivity contribution is -0.384. The van der Waals surface area contributed by atoms with Crippen molar-refractivity contribution < 1.29 is 9.31 Å². The molecule has 1 aromatic carbocycles. The number of hydrogen-bond donors (Lipinski definition) is 1. The quantitative estimate of drug-likeness (QED) is 0.685. The fourth-order valence-corrected chi connectivity index (χ4v) is 1.87. The third-order valence-electron chi connectivity index (χ3n) is 2.75.